The molecule has 1 atom stereocenters. The first-order chi connectivity index (χ1) is 16.2. The summed E-state index contributed by atoms with van der Waals surface area (Å²) in [5, 5.41) is 9.64. The van der Waals surface area contributed by atoms with E-state index in [0.29, 0.717) is 34.5 Å². The Bertz CT molecular complexity index is 1360. The molecule has 9 nitrogen and oxygen atoms in total. The number of benzene rings is 1. The fourth-order valence-corrected chi connectivity index (χ4v) is 7.12. The van der Waals surface area contributed by atoms with Gasteiger partial charge in [-0.25, -0.2) is 13.4 Å². The number of hydrogen-bond acceptors (Lipinski definition) is 6. The van der Waals surface area contributed by atoms with Crippen LogP contribution in [0.15, 0.2) is 35.5 Å². The minimum absolute atomic E-state index is 0.125. The van der Waals surface area contributed by atoms with Crippen molar-refractivity contribution in [3.63, 3.8) is 0 Å². The molecule has 0 bridgehead atoms. The summed E-state index contributed by atoms with van der Waals surface area (Å²) in [5.41, 5.74) is 0.706. The predicted molar refractivity (Wildman–Crippen MR) is 132 cm³/mol. The summed E-state index contributed by atoms with van der Waals surface area (Å²) in [5.74, 6) is 0.687. The number of carbonyl (C=O) groups excluding carboxylic acids is 1. The Morgan fingerprint density at radius 1 is 1.18 bits per heavy atom. The van der Waals surface area contributed by atoms with Gasteiger partial charge in [-0.05, 0) is 37.6 Å². The second-order valence-electron chi connectivity index (χ2n) is 8.65. The summed E-state index contributed by atoms with van der Waals surface area (Å²) in [6.07, 6.45) is 2.72. The molecule has 0 radical (unpaired) electrons. The number of sulfonamides is 1. The third kappa shape index (κ3) is 4.33. The van der Waals surface area contributed by atoms with Crippen molar-refractivity contribution in [2.75, 3.05) is 39.3 Å². The Morgan fingerprint density at radius 3 is 2.65 bits per heavy atom. The fourth-order valence-electron chi connectivity index (χ4n) is 4.49. The number of nitrogens with zero attached hydrogens (tertiary/aromatic N) is 4. The van der Waals surface area contributed by atoms with Crippen LogP contribution in [0.5, 0.6) is 0 Å². The Hall–Kier alpha value is -2.47. The molecular weight excluding hydrogens is 496 g/mol. The number of halogens is 1. The van der Waals surface area contributed by atoms with E-state index in [1.165, 1.54) is 15.6 Å². The monoisotopic (exact) mass is 520 g/mol. The lowest BCUT2D eigenvalue weighted by atomic mass is 10.1. The number of rotatable bonds is 4. The van der Waals surface area contributed by atoms with Gasteiger partial charge in [0.15, 0.2) is 5.01 Å². The number of aromatic amines is 1. The average molecular weight is 521 g/mol. The van der Waals surface area contributed by atoms with E-state index in [1.807, 2.05) is 4.90 Å². The molecule has 2 aliphatic heterocycles. The highest BCUT2D eigenvalue weighted by atomic mass is 35.5. The summed E-state index contributed by atoms with van der Waals surface area (Å²) < 4.78 is 27.7. The van der Waals surface area contributed by atoms with Gasteiger partial charge < -0.3 is 14.8 Å². The SMILES string of the molecule is CC(=N)N1CCC(c2cnc(C(=O)N3CCN(S(=O)(=O)c4cc5cc(Cl)ccc5[nH]4)CC3)s2)C1. The van der Waals surface area contributed by atoms with Crippen LogP contribution < -0.4 is 0 Å². The van der Waals surface area contributed by atoms with Gasteiger partial charge in [0.2, 0.25) is 0 Å². The summed E-state index contributed by atoms with van der Waals surface area (Å²) in [6, 6.07) is 6.78. The zero-order chi connectivity index (χ0) is 24.0. The molecule has 2 N–H and O–H groups in total. The number of fused-ring (bicyclic) bond motifs is 1. The van der Waals surface area contributed by atoms with Crippen LogP contribution in [0.2, 0.25) is 5.02 Å². The van der Waals surface area contributed by atoms with Crippen LogP contribution >= 0.6 is 22.9 Å². The number of H-pyrrole nitrogens is 1. The van der Waals surface area contributed by atoms with Gasteiger partial charge >= 0.3 is 0 Å². The minimum Gasteiger partial charge on any atom is -0.360 e. The van der Waals surface area contributed by atoms with Gasteiger partial charge in [0.25, 0.3) is 15.9 Å². The number of piperazine rings is 1. The Kier molecular flexibility index (Phi) is 6.13. The van der Waals surface area contributed by atoms with Gasteiger partial charge in [0, 0.05) is 72.2 Å². The largest absolute Gasteiger partial charge is 0.360 e. The number of thiazole rings is 1. The van der Waals surface area contributed by atoms with Gasteiger partial charge in [0.05, 0.1) is 5.84 Å². The number of amides is 1. The molecule has 12 heteroatoms. The zero-order valence-electron chi connectivity index (χ0n) is 18.6. The van der Waals surface area contributed by atoms with Gasteiger partial charge in [-0.2, -0.15) is 4.31 Å². The van der Waals surface area contributed by atoms with E-state index in [2.05, 4.69) is 9.97 Å². The molecule has 1 aromatic carbocycles. The van der Waals surface area contributed by atoms with Crippen LogP contribution in [0.25, 0.3) is 10.9 Å². The van der Waals surface area contributed by atoms with Crippen molar-refractivity contribution in [3.8, 4) is 0 Å². The molecule has 180 valence electrons. The van der Waals surface area contributed by atoms with Gasteiger partial charge in [-0.3, -0.25) is 10.2 Å². The van der Waals surface area contributed by atoms with Crippen LogP contribution in [0, 0.1) is 5.41 Å². The molecule has 0 saturated carbocycles. The lowest BCUT2D eigenvalue weighted by molar-refractivity contribution is 0.0697. The maximum atomic E-state index is 13.1. The lowest BCUT2D eigenvalue weighted by Gasteiger charge is -2.33. The number of carbonyl (C=O) groups is 1. The number of nitrogens with one attached hydrogen (secondary N) is 2. The first kappa shape index (κ1) is 23.3. The number of likely N-dealkylation sites (tertiary alicyclic amines) is 1. The van der Waals surface area contributed by atoms with E-state index in [0.717, 1.165) is 29.8 Å². The Labute approximate surface area is 206 Å². The third-order valence-corrected chi connectivity index (χ3v) is 9.68. The summed E-state index contributed by atoms with van der Waals surface area (Å²) >= 11 is 7.42. The van der Waals surface area contributed by atoms with Crippen molar-refractivity contribution in [1.29, 1.82) is 5.41 Å². The summed E-state index contributed by atoms with van der Waals surface area (Å²) in [4.78, 5) is 25.1. The van der Waals surface area contributed by atoms with Crippen molar-refractivity contribution in [2.24, 2.45) is 0 Å². The molecule has 3 aromatic rings. The standard InChI is InChI=1S/C22H25ClN6O3S2/c1-14(24)28-5-4-15(13-28)19-12-25-21(33-19)22(30)27-6-8-29(9-7-27)34(31,32)20-11-16-10-17(23)2-3-18(16)26-20/h2-3,10-12,15,24,26H,4-9,13H2,1H3. The van der Waals surface area contributed by atoms with E-state index in [1.54, 1.807) is 42.3 Å². The fraction of sp³-hybridized carbons (Fsp3) is 0.409. The molecule has 5 rings (SSSR count). The molecule has 2 aliphatic rings. The summed E-state index contributed by atoms with van der Waals surface area (Å²) in [6.45, 7) is 4.48. The van der Waals surface area contributed by atoms with Gasteiger partial charge in [-0.1, -0.05) is 11.6 Å². The van der Waals surface area contributed by atoms with Crippen LogP contribution in [0.4, 0.5) is 0 Å². The van der Waals surface area contributed by atoms with E-state index < -0.39 is 10.0 Å². The molecule has 1 amide bonds. The molecule has 2 saturated heterocycles. The van der Waals surface area contributed by atoms with Crippen molar-refractivity contribution < 1.29 is 13.2 Å². The topological polar surface area (TPSA) is 113 Å². The van der Waals surface area contributed by atoms with Crippen molar-refractivity contribution in [2.45, 2.75) is 24.3 Å². The maximum Gasteiger partial charge on any atom is 0.282 e. The third-order valence-electron chi connectivity index (χ3n) is 6.47. The molecule has 34 heavy (non-hydrogen) atoms. The highest BCUT2D eigenvalue weighted by Gasteiger charge is 2.33. The van der Waals surface area contributed by atoms with Crippen molar-refractivity contribution in [3.05, 3.63) is 45.4 Å². The zero-order valence-corrected chi connectivity index (χ0v) is 21.0. The highest BCUT2D eigenvalue weighted by Crippen LogP contribution is 2.32. The first-order valence-corrected chi connectivity index (χ1v) is 13.7. The highest BCUT2D eigenvalue weighted by molar-refractivity contribution is 7.89. The normalized spacial score (nSPS) is 19.8. The van der Waals surface area contributed by atoms with E-state index in [9.17, 15) is 13.2 Å². The number of amidine groups is 1. The van der Waals surface area contributed by atoms with Crippen LogP contribution in [0.3, 0.4) is 0 Å². The molecule has 1 unspecified atom stereocenters. The van der Waals surface area contributed by atoms with Crippen LogP contribution in [-0.4, -0.2) is 83.5 Å². The van der Waals surface area contributed by atoms with E-state index in [4.69, 9.17) is 17.0 Å². The van der Waals surface area contributed by atoms with E-state index in [-0.39, 0.29) is 29.9 Å². The molecular formula is C22H25ClN6O3S2. The second-order valence-corrected chi connectivity index (χ2v) is 12.1. The minimum atomic E-state index is -3.71. The summed E-state index contributed by atoms with van der Waals surface area (Å²) in [7, 11) is -3.71. The lowest BCUT2D eigenvalue weighted by Crippen LogP contribution is -2.50. The smallest absolute Gasteiger partial charge is 0.282 e. The van der Waals surface area contributed by atoms with Crippen LogP contribution in [0.1, 0.15) is 33.9 Å². The molecule has 2 fully saturated rings. The first-order valence-electron chi connectivity index (χ1n) is 11.1. The molecule has 0 aliphatic carbocycles. The predicted octanol–water partition coefficient (Wildman–Crippen LogP) is 3.21. The van der Waals surface area contributed by atoms with Crippen molar-refractivity contribution in [1.82, 2.24) is 24.1 Å². The number of aromatic nitrogens is 2. The molecule has 2 aromatic heterocycles. The maximum absolute atomic E-state index is 13.1. The molecule has 4 heterocycles. The molecule has 0 spiro atoms. The Morgan fingerprint density at radius 2 is 1.94 bits per heavy atom. The second kappa shape index (κ2) is 8.95. The quantitative estimate of drug-likeness (QED) is 0.405. The van der Waals surface area contributed by atoms with Gasteiger partial charge in [0.1, 0.15) is 5.03 Å². The van der Waals surface area contributed by atoms with Crippen LogP contribution in [-0.2, 0) is 10.0 Å². The number of hydrogen-bond donors (Lipinski definition) is 2. The van der Waals surface area contributed by atoms with Gasteiger partial charge in [-0.15, -0.1) is 11.3 Å². The van der Waals surface area contributed by atoms with Crippen molar-refractivity contribution >= 4 is 55.6 Å². The average Bonchev–Trinajstić information content (AvgIpc) is 3.57. The van der Waals surface area contributed by atoms with E-state index >= 15 is 0 Å². The Balaban J connectivity index is 1.23.